The number of rotatable bonds is 8. The van der Waals surface area contributed by atoms with Gasteiger partial charge >= 0.3 is 0 Å². The molecule has 102 valence electrons. The molecule has 0 saturated carbocycles. The van der Waals surface area contributed by atoms with E-state index in [0.717, 1.165) is 18.8 Å². The second-order valence-electron chi connectivity index (χ2n) is 3.99. The van der Waals surface area contributed by atoms with E-state index in [9.17, 15) is 4.79 Å². The van der Waals surface area contributed by atoms with Gasteiger partial charge in [0, 0.05) is 33.3 Å². The van der Waals surface area contributed by atoms with Crippen molar-refractivity contribution in [2.24, 2.45) is 0 Å². The fourth-order valence-corrected chi connectivity index (χ4v) is 1.62. The molecule has 0 aliphatic carbocycles. The summed E-state index contributed by atoms with van der Waals surface area (Å²) in [6.07, 6.45) is 0. The second-order valence-corrected chi connectivity index (χ2v) is 3.99. The molecule has 1 rings (SSSR count). The van der Waals surface area contributed by atoms with Crippen LogP contribution in [0.4, 0.5) is 0 Å². The number of methoxy groups -OCH3 is 1. The predicted molar refractivity (Wildman–Crippen MR) is 69.7 cm³/mol. The number of ether oxygens (including phenoxy) is 1. The van der Waals surface area contributed by atoms with E-state index in [1.807, 2.05) is 13.8 Å². The van der Waals surface area contributed by atoms with E-state index in [1.165, 1.54) is 0 Å². The van der Waals surface area contributed by atoms with Crippen molar-refractivity contribution in [3.8, 4) is 0 Å². The Morgan fingerprint density at radius 2 is 2.22 bits per heavy atom. The van der Waals surface area contributed by atoms with Crippen LogP contribution in [-0.2, 0) is 11.3 Å². The summed E-state index contributed by atoms with van der Waals surface area (Å²) in [5.41, 5.74) is 1.48. The third kappa shape index (κ3) is 4.46. The van der Waals surface area contributed by atoms with Crippen molar-refractivity contribution in [2.45, 2.75) is 20.4 Å². The van der Waals surface area contributed by atoms with Gasteiger partial charge in [-0.2, -0.15) is 5.10 Å². The van der Waals surface area contributed by atoms with Gasteiger partial charge in [-0.3, -0.25) is 9.48 Å². The number of hydrogen-bond acceptors (Lipinski definition) is 4. The first kappa shape index (κ1) is 14.7. The predicted octanol–water partition coefficient (Wildman–Crippen LogP) is 0.177. The largest absolute Gasteiger partial charge is 0.383 e. The van der Waals surface area contributed by atoms with Crippen LogP contribution in [0.5, 0.6) is 0 Å². The summed E-state index contributed by atoms with van der Waals surface area (Å²) in [6, 6.07) is 1.80. The molecule has 1 aromatic rings. The fourth-order valence-electron chi connectivity index (χ4n) is 1.62. The van der Waals surface area contributed by atoms with Crippen LogP contribution < -0.4 is 10.6 Å². The molecular weight excluding hydrogens is 232 g/mol. The molecule has 1 amide bonds. The number of carbonyl (C=O) groups is 1. The van der Waals surface area contributed by atoms with E-state index in [4.69, 9.17) is 4.74 Å². The van der Waals surface area contributed by atoms with Gasteiger partial charge in [-0.15, -0.1) is 0 Å². The smallest absolute Gasteiger partial charge is 0.269 e. The van der Waals surface area contributed by atoms with Crippen molar-refractivity contribution >= 4 is 5.91 Å². The van der Waals surface area contributed by atoms with E-state index >= 15 is 0 Å². The van der Waals surface area contributed by atoms with Crippen molar-refractivity contribution in [3.63, 3.8) is 0 Å². The summed E-state index contributed by atoms with van der Waals surface area (Å²) in [6.45, 7) is 7.34. The minimum atomic E-state index is -0.0778. The molecule has 6 heteroatoms. The SMILES string of the molecule is CCn1nc(C)cc1C(=O)NCCNCCOC. The molecule has 0 aliphatic heterocycles. The van der Waals surface area contributed by atoms with Crippen molar-refractivity contribution in [1.29, 1.82) is 0 Å². The van der Waals surface area contributed by atoms with Crippen molar-refractivity contribution in [2.75, 3.05) is 33.4 Å². The Balaban J connectivity index is 2.32. The lowest BCUT2D eigenvalue weighted by Gasteiger charge is -2.07. The molecule has 18 heavy (non-hydrogen) atoms. The molecule has 6 nitrogen and oxygen atoms in total. The topological polar surface area (TPSA) is 68.2 Å². The maximum Gasteiger partial charge on any atom is 0.269 e. The fraction of sp³-hybridized carbons (Fsp3) is 0.667. The lowest BCUT2D eigenvalue weighted by molar-refractivity contribution is 0.0943. The molecule has 1 heterocycles. The zero-order valence-corrected chi connectivity index (χ0v) is 11.3. The third-order valence-electron chi connectivity index (χ3n) is 2.50. The highest BCUT2D eigenvalue weighted by atomic mass is 16.5. The molecule has 1 aromatic heterocycles. The first-order chi connectivity index (χ1) is 8.69. The first-order valence-corrected chi connectivity index (χ1v) is 6.21. The van der Waals surface area contributed by atoms with Gasteiger partial charge in [0.25, 0.3) is 5.91 Å². The van der Waals surface area contributed by atoms with E-state index in [2.05, 4.69) is 15.7 Å². The molecule has 0 aromatic carbocycles. The van der Waals surface area contributed by atoms with Gasteiger partial charge in [0.15, 0.2) is 0 Å². The van der Waals surface area contributed by atoms with Gasteiger partial charge < -0.3 is 15.4 Å². The highest BCUT2D eigenvalue weighted by Crippen LogP contribution is 2.03. The zero-order valence-electron chi connectivity index (χ0n) is 11.3. The van der Waals surface area contributed by atoms with E-state index in [1.54, 1.807) is 17.9 Å². The molecule has 0 radical (unpaired) electrons. The molecule has 0 unspecified atom stereocenters. The lowest BCUT2D eigenvalue weighted by atomic mass is 10.3. The molecule has 0 spiro atoms. The molecular formula is C12H22N4O2. The molecule has 0 saturated heterocycles. The molecule has 0 atom stereocenters. The summed E-state index contributed by atoms with van der Waals surface area (Å²) in [5.74, 6) is -0.0778. The Hall–Kier alpha value is -1.40. The van der Waals surface area contributed by atoms with Crippen LogP contribution in [0.1, 0.15) is 23.1 Å². The molecule has 0 bridgehead atoms. The van der Waals surface area contributed by atoms with Crippen molar-refractivity contribution < 1.29 is 9.53 Å². The summed E-state index contributed by atoms with van der Waals surface area (Å²) in [7, 11) is 1.66. The maximum atomic E-state index is 11.9. The van der Waals surface area contributed by atoms with Crippen LogP contribution in [0.25, 0.3) is 0 Å². The third-order valence-corrected chi connectivity index (χ3v) is 2.50. The Morgan fingerprint density at radius 1 is 1.44 bits per heavy atom. The monoisotopic (exact) mass is 254 g/mol. The van der Waals surface area contributed by atoms with Crippen LogP contribution in [0, 0.1) is 6.92 Å². The minimum Gasteiger partial charge on any atom is -0.383 e. The quantitative estimate of drug-likeness (QED) is 0.649. The van der Waals surface area contributed by atoms with Crippen LogP contribution >= 0.6 is 0 Å². The first-order valence-electron chi connectivity index (χ1n) is 6.21. The van der Waals surface area contributed by atoms with Crippen LogP contribution in [0.2, 0.25) is 0 Å². The van der Waals surface area contributed by atoms with Crippen LogP contribution in [-0.4, -0.2) is 49.0 Å². The van der Waals surface area contributed by atoms with Crippen molar-refractivity contribution in [1.82, 2.24) is 20.4 Å². The normalized spacial score (nSPS) is 10.6. The minimum absolute atomic E-state index is 0.0778. The average Bonchev–Trinajstić information content (AvgIpc) is 2.74. The van der Waals surface area contributed by atoms with E-state index in [0.29, 0.717) is 25.4 Å². The summed E-state index contributed by atoms with van der Waals surface area (Å²) >= 11 is 0. The summed E-state index contributed by atoms with van der Waals surface area (Å²) in [4.78, 5) is 11.9. The highest BCUT2D eigenvalue weighted by molar-refractivity contribution is 5.92. The van der Waals surface area contributed by atoms with E-state index < -0.39 is 0 Å². The lowest BCUT2D eigenvalue weighted by Crippen LogP contribution is -2.34. The van der Waals surface area contributed by atoms with Gasteiger partial charge in [-0.05, 0) is 19.9 Å². The van der Waals surface area contributed by atoms with Crippen LogP contribution in [0.3, 0.4) is 0 Å². The molecule has 2 N–H and O–H groups in total. The number of amides is 1. The Kier molecular flexibility index (Phi) is 6.38. The Labute approximate surface area is 108 Å². The van der Waals surface area contributed by atoms with Crippen molar-refractivity contribution in [3.05, 3.63) is 17.5 Å². The van der Waals surface area contributed by atoms with Gasteiger partial charge in [-0.25, -0.2) is 0 Å². The maximum absolute atomic E-state index is 11.9. The van der Waals surface area contributed by atoms with Gasteiger partial charge in [0.1, 0.15) is 5.69 Å². The van der Waals surface area contributed by atoms with E-state index in [-0.39, 0.29) is 5.91 Å². The van der Waals surface area contributed by atoms with Gasteiger partial charge in [0.2, 0.25) is 0 Å². The Bertz CT molecular complexity index is 376. The van der Waals surface area contributed by atoms with Gasteiger partial charge in [0.05, 0.1) is 12.3 Å². The number of nitrogens with zero attached hydrogens (tertiary/aromatic N) is 2. The average molecular weight is 254 g/mol. The standard InChI is InChI=1S/C12H22N4O2/c1-4-16-11(9-10(2)15-16)12(17)14-6-5-13-7-8-18-3/h9,13H,4-8H2,1-3H3,(H,14,17). The number of hydrogen-bond donors (Lipinski definition) is 2. The zero-order chi connectivity index (χ0) is 13.4. The molecule has 0 fully saturated rings. The summed E-state index contributed by atoms with van der Waals surface area (Å²) < 4.78 is 6.62. The number of nitrogens with one attached hydrogen (secondary N) is 2. The summed E-state index contributed by atoms with van der Waals surface area (Å²) in [5, 5.41) is 10.3. The van der Waals surface area contributed by atoms with Gasteiger partial charge in [-0.1, -0.05) is 0 Å². The Morgan fingerprint density at radius 3 is 2.89 bits per heavy atom. The number of aromatic nitrogens is 2. The highest BCUT2D eigenvalue weighted by Gasteiger charge is 2.11. The number of carbonyl (C=O) groups excluding carboxylic acids is 1. The molecule has 0 aliphatic rings. The van der Waals surface area contributed by atoms with Crippen LogP contribution in [0.15, 0.2) is 6.07 Å². The second kappa shape index (κ2) is 7.84. The number of aryl methyl sites for hydroxylation is 2.